The highest BCUT2D eigenvalue weighted by atomic mass is 16.6. The van der Waals surface area contributed by atoms with Gasteiger partial charge in [-0.15, -0.1) is 0 Å². The maximum Gasteiger partial charge on any atom is 0.331 e. The molecule has 0 aliphatic carbocycles. The average Bonchev–Trinajstić information content (AvgIpc) is 2.60. The molecular formula is C16H14N2O6. The van der Waals surface area contributed by atoms with E-state index >= 15 is 0 Å². The molecule has 0 spiro atoms. The van der Waals surface area contributed by atoms with E-state index in [1.54, 1.807) is 24.3 Å². The number of hydrogen-bond acceptors (Lipinski definition) is 7. The lowest BCUT2D eigenvalue weighted by Gasteiger charge is -2.10. The first-order valence-corrected chi connectivity index (χ1v) is 6.76. The van der Waals surface area contributed by atoms with Gasteiger partial charge in [-0.05, 0) is 29.8 Å². The molecule has 0 saturated carbocycles. The quantitative estimate of drug-likeness (QED) is 0.347. The second-order valence-corrected chi connectivity index (χ2v) is 4.45. The molecule has 8 nitrogen and oxygen atoms in total. The van der Waals surface area contributed by atoms with Crippen LogP contribution in [0.15, 0.2) is 42.6 Å². The summed E-state index contributed by atoms with van der Waals surface area (Å²) in [5.41, 5.74) is 0.411. The molecule has 1 heterocycles. The van der Waals surface area contributed by atoms with Gasteiger partial charge < -0.3 is 14.2 Å². The van der Waals surface area contributed by atoms with Crippen LogP contribution in [0.1, 0.15) is 5.56 Å². The Morgan fingerprint density at radius 1 is 1.25 bits per heavy atom. The van der Waals surface area contributed by atoms with Crippen molar-refractivity contribution in [3.05, 3.63) is 58.3 Å². The van der Waals surface area contributed by atoms with Crippen LogP contribution in [0.25, 0.3) is 6.08 Å². The van der Waals surface area contributed by atoms with Crippen LogP contribution in [-0.2, 0) is 9.53 Å². The monoisotopic (exact) mass is 330 g/mol. The molecule has 0 amide bonds. The molecule has 0 bridgehead atoms. The van der Waals surface area contributed by atoms with Crippen molar-refractivity contribution >= 4 is 17.7 Å². The minimum Gasteiger partial charge on any atom is -0.493 e. The van der Waals surface area contributed by atoms with E-state index < -0.39 is 10.9 Å². The van der Waals surface area contributed by atoms with Crippen molar-refractivity contribution in [1.82, 2.24) is 4.98 Å². The minimum absolute atomic E-state index is 0.140. The zero-order valence-corrected chi connectivity index (χ0v) is 13.0. The normalized spacial score (nSPS) is 10.4. The number of methoxy groups -OCH3 is 2. The Kier molecular flexibility index (Phi) is 5.45. The molecule has 0 aliphatic rings. The van der Waals surface area contributed by atoms with Crippen LogP contribution in [0.2, 0.25) is 0 Å². The van der Waals surface area contributed by atoms with Crippen LogP contribution in [0.3, 0.4) is 0 Å². The fourth-order valence-electron chi connectivity index (χ4n) is 1.81. The lowest BCUT2D eigenvalue weighted by atomic mass is 10.2. The Hall–Kier alpha value is -3.42. The number of ether oxygens (including phenoxy) is 3. The van der Waals surface area contributed by atoms with Crippen molar-refractivity contribution in [2.45, 2.75) is 0 Å². The predicted molar refractivity (Wildman–Crippen MR) is 85.0 cm³/mol. The van der Waals surface area contributed by atoms with E-state index in [2.05, 4.69) is 9.72 Å². The third-order valence-corrected chi connectivity index (χ3v) is 2.96. The molecule has 2 rings (SSSR count). The molecule has 1 aromatic carbocycles. The van der Waals surface area contributed by atoms with E-state index in [-0.39, 0.29) is 17.3 Å². The summed E-state index contributed by atoms with van der Waals surface area (Å²) < 4.78 is 15.2. The van der Waals surface area contributed by atoms with Gasteiger partial charge in [0.2, 0.25) is 0 Å². The first-order chi connectivity index (χ1) is 11.5. The predicted octanol–water partition coefficient (Wildman–Crippen LogP) is 2.98. The van der Waals surface area contributed by atoms with E-state index in [0.717, 1.165) is 0 Å². The summed E-state index contributed by atoms with van der Waals surface area (Å²) in [5.74, 6) is -0.0338. The van der Waals surface area contributed by atoms with Gasteiger partial charge in [0.05, 0.1) is 19.1 Å². The first kappa shape index (κ1) is 16.9. The molecule has 124 valence electrons. The fourth-order valence-corrected chi connectivity index (χ4v) is 1.81. The van der Waals surface area contributed by atoms with E-state index in [1.807, 2.05) is 0 Å². The summed E-state index contributed by atoms with van der Waals surface area (Å²) >= 11 is 0. The molecule has 0 unspecified atom stereocenters. The van der Waals surface area contributed by atoms with Crippen molar-refractivity contribution in [3.8, 4) is 17.4 Å². The van der Waals surface area contributed by atoms with Crippen LogP contribution in [0, 0.1) is 10.1 Å². The third-order valence-electron chi connectivity index (χ3n) is 2.96. The number of carbonyl (C=O) groups is 1. The topological polar surface area (TPSA) is 101 Å². The van der Waals surface area contributed by atoms with Gasteiger partial charge in [-0.25, -0.2) is 9.78 Å². The summed E-state index contributed by atoms with van der Waals surface area (Å²) in [6.45, 7) is 0. The second-order valence-electron chi connectivity index (χ2n) is 4.45. The molecule has 1 aromatic heterocycles. The van der Waals surface area contributed by atoms with Crippen molar-refractivity contribution < 1.29 is 23.9 Å². The van der Waals surface area contributed by atoms with Crippen molar-refractivity contribution in [2.24, 2.45) is 0 Å². The number of carbonyl (C=O) groups excluding carboxylic acids is 1. The molecule has 8 heteroatoms. The highest BCUT2D eigenvalue weighted by Crippen LogP contribution is 2.35. The van der Waals surface area contributed by atoms with Gasteiger partial charge in [0.15, 0.2) is 11.5 Å². The summed E-state index contributed by atoms with van der Waals surface area (Å²) in [4.78, 5) is 25.4. The van der Waals surface area contributed by atoms with E-state index in [0.29, 0.717) is 11.3 Å². The number of benzene rings is 1. The summed E-state index contributed by atoms with van der Waals surface area (Å²) in [6.07, 6.45) is 4.20. The van der Waals surface area contributed by atoms with E-state index in [4.69, 9.17) is 9.47 Å². The van der Waals surface area contributed by atoms with Crippen molar-refractivity contribution in [3.63, 3.8) is 0 Å². The summed E-state index contributed by atoms with van der Waals surface area (Å²) in [6, 6.07) is 7.58. The number of hydrogen-bond donors (Lipinski definition) is 0. The highest BCUT2D eigenvalue weighted by molar-refractivity contribution is 5.87. The lowest BCUT2D eigenvalue weighted by molar-refractivity contribution is -0.386. The number of pyridine rings is 1. The standard InChI is InChI=1S/C16H14N2O6/c1-22-14-10-11(6-8-15(19)23-2)5-7-13(14)24-16-12(18(20)21)4-3-9-17-16/h3-10H,1-2H3/b8-6+. The van der Waals surface area contributed by atoms with Crippen LogP contribution in [0.5, 0.6) is 17.4 Å². The van der Waals surface area contributed by atoms with Crippen LogP contribution < -0.4 is 9.47 Å². The second kappa shape index (κ2) is 7.73. The molecule has 0 radical (unpaired) electrons. The van der Waals surface area contributed by atoms with Gasteiger partial charge in [-0.2, -0.15) is 0 Å². The summed E-state index contributed by atoms with van der Waals surface area (Å²) in [7, 11) is 2.72. The molecule has 0 saturated heterocycles. The molecule has 0 aliphatic heterocycles. The molecule has 0 fully saturated rings. The maximum absolute atomic E-state index is 11.1. The Morgan fingerprint density at radius 3 is 2.71 bits per heavy atom. The van der Waals surface area contributed by atoms with Crippen LogP contribution >= 0.6 is 0 Å². The van der Waals surface area contributed by atoms with Gasteiger partial charge in [0.25, 0.3) is 5.88 Å². The number of esters is 1. The smallest absolute Gasteiger partial charge is 0.331 e. The van der Waals surface area contributed by atoms with Gasteiger partial charge in [-0.3, -0.25) is 10.1 Å². The highest BCUT2D eigenvalue weighted by Gasteiger charge is 2.18. The average molecular weight is 330 g/mol. The molecule has 24 heavy (non-hydrogen) atoms. The Morgan fingerprint density at radius 2 is 2.04 bits per heavy atom. The zero-order valence-electron chi connectivity index (χ0n) is 13.0. The molecule has 2 aromatic rings. The van der Waals surface area contributed by atoms with Crippen LogP contribution in [-0.4, -0.2) is 30.1 Å². The first-order valence-electron chi connectivity index (χ1n) is 6.76. The van der Waals surface area contributed by atoms with Gasteiger partial charge in [0.1, 0.15) is 0 Å². The van der Waals surface area contributed by atoms with Crippen LogP contribution in [0.4, 0.5) is 5.69 Å². The Labute approximate surface area is 137 Å². The zero-order chi connectivity index (χ0) is 17.5. The summed E-state index contributed by atoms with van der Waals surface area (Å²) in [5, 5.41) is 11.0. The molecule has 0 atom stereocenters. The van der Waals surface area contributed by atoms with Gasteiger partial charge >= 0.3 is 11.7 Å². The van der Waals surface area contributed by atoms with E-state index in [9.17, 15) is 14.9 Å². The lowest BCUT2D eigenvalue weighted by Crippen LogP contribution is -1.97. The SMILES string of the molecule is COC(=O)/C=C/c1ccc(Oc2ncccc2[N+](=O)[O-])c(OC)c1. The van der Waals surface area contributed by atoms with E-state index in [1.165, 1.54) is 38.6 Å². The number of aromatic nitrogens is 1. The fraction of sp³-hybridized carbons (Fsp3) is 0.125. The van der Waals surface area contributed by atoms with Gasteiger partial charge in [-0.1, -0.05) is 6.07 Å². The maximum atomic E-state index is 11.1. The molecular weight excluding hydrogens is 316 g/mol. The number of nitrogens with zero attached hydrogens (tertiary/aromatic N) is 2. The Bertz CT molecular complexity index is 788. The van der Waals surface area contributed by atoms with Crippen molar-refractivity contribution in [1.29, 1.82) is 0 Å². The Balaban J connectivity index is 2.30. The minimum atomic E-state index is -0.581. The number of nitro groups is 1. The van der Waals surface area contributed by atoms with Crippen molar-refractivity contribution in [2.75, 3.05) is 14.2 Å². The third kappa shape index (κ3) is 4.07. The molecule has 0 N–H and O–H groups in total. The number of rotatable bonds is 6. The largest absolute Gasteiger partial charge is 0.493 e. The van der Waals surface area contributed by atoms with Gasteiger partial charge in [0, 0.05) is 18.3 Å².